The second-order valence-corrected chi connectivity index (χ2v) is 22.8. The average Bonchev–Trinajstić information content (AvgIpc) is 3.35. The van der Waals surface area contributed by atoms with Gasteiger partial charge in [0.15, 0.2) is 6.10 Å². The number of ether oxygens (including phenoxy) is 2. The van der Waals surface area contributed by atoms with Crippen molar-refractivity contribution in [2.75, 3.05) is 47.5 Å². The molecule has 0 aromatic heterocycles. The van der Waals surface area contributed by atoms with E-state index in [0.717, 1.165) is 83.5 Å². The maximum atomic E-state index is 12.8. The summed E-state index contributed by atoms with van der Waals surface area (Å²) in [6, 6.07) is 0. The molecule has 0 aliphatic carbocycles. The zero-order chi connectivity index (χ0) is 53.5. The molecule has 0 saturated carbocycles. The summed E-state index contributed by atoms with van der Waals surface area (Å²) in [4.78, 5) is 35.6. The fourth-order valence-electron chi connectivity index (χ4n) is 8.32. The number of phosphoric acid groups is 1. The van der Waals surface area contributed by atoms with Gasteiger partial charge in [0.05, 0.1) is 27.7 Å². The van der Waals surface area contributed by atoms with Crippen molar-refractivity contribution < 1.29 is 42.1 Å². The van der Waals surface area contributed by atoms with Crippen LogP contribution in [-0.4, -0.2) is 74.9 Å². The average molecular weight is 1050 g/mol. The van der Waals surface area contributed by atoms with E-state index in [1.54, 1.807) is 0 Å². The number of unbranched alkanes of at least 4 members (excludes halogenated alkanes) is 29. The molecule has 0 fully saturated rings. The van der Waals surface area contributed by atoms with E-state index in [4.69, 9.17) is 18.5 Å². The molecule has 0 rings (SSSR count). The molecule has 1 N–H and O–H groups in total. The van der Waals surface area contributed by atoms with Crippen LogP contribution < -0.4 is 0 Å². The van der Waals surface area contributed by atoms with Crippen LogP contribution in [-0.2, 0) is 32.7 Å². The number of nitrogens with zero attached hydrogens (tertiary/aromatic N) is 1. The Bertz CT molecular complexity index is 1460. The highest BCUT2D eigenvalue weighted by Crippen LogP contribution is 2.43. The van der Waals surface area contributed by atoms with E-state index in [9.17, 15) is 19.0 Å². The first-order chi connectivity index (χ1) is 35.5. The van der Waals surface area contributed by atoms with Gasteiger partial charge in [-0.1, -0.05) is 247 Å². The van der Waals surface area contributed by atoms with Crippen molar-refractivity contribution in [3.63, 3.8) is 0 Å². The van der Waals surface area contributed by atoms with Crippen molar-refractivity contribution in [2.24, 2.45) is 0 Å². The topological polar surface area (TPSA) is 108 Å². The fraction of sp³-hybridized carbons (Fsp3) is 0.778. The number of hydrogen-bond donors (Lipinski definition) is 1. The van der Waals surface area contributed by atoms with Gasteiger partial charge in [0, 0.05) is 12.8 Å². The first kappa shape index (κ1) is 70.5. The Morgan fingerprint density at radius 2 is 0.781 bits per heavy atom. The molecule has 9 nitrogen and oxygen atoms in total. The van der Waals surface area contributed by atoms with Gasteiger partial charge in [-0.3, -0.25) is 18.6 Å². The standard InChI is InChI=1S/C63H114NO8P/c1-6-8-10-12-14-16-18-20-22-23-24-25-26-27-28-29-30-31-32-33-34-35-36-37-38-39-40-41-42-44-46-48-50-52-54-56-63(66)72-61(60-71-73(67,68)70-58-57-64(3,4)5)59-69-62(65)55-53-51-49-47-45-43-21-19-17-15-13-11-9-7-2/h8,10,13-16,19-22,24-25,61H,6-7,9,11-12,17-18,23,26-60H2,1-5H3/p+1/b10-8-,15-13-,16-14-,21-19-,22-20-,25-24-. The Morgan fingerprint density at radius 1 is 0.438 bits per heavy atom. The van der Waals surface area contributed by atoms with E-state index in [2.05, 4.69) is 86.8 Å². The Balaban J connectivity index is 3.98. The van der Waals surface area contributed by atoms with E-state index in [-0.39, 0.29) is 32.0 Å². The number of likely N-dealkylation sites (N-methyl/N-ethyl adjacent to an activating group) is 1. The molecule has 0 heterocycles. The van der Waals surface area contributed by atoms with Crippen LogP contribution >= 0.6 is 7.82 Å². The van der Waals surface area contributed by atoms with Gasteiger partial charge in [-0.15, -0.1) is 0 Å². The van der Waals surface area contributed by atoms with Gasteiger partial charge in [0.25, 0.3) is 0 Å². The Kier molecular flexibility index (Phi) is 52.4. The lowest BCUT2D eigenvalue weighted by atomic mass is 10.0. The van der Waals surface area contributed by atoms with Crippen LogP contribution in [0.4, 0.5) is 0 Å². The maximum absolute atomic E-state index is 12.8. The minimum Gasteiger partial charge on any atom is -0.462 e. The first-order valence-electron chi connectivity index (χ1n) is 30.2. The van der Waals surface area contributed by atoms with E-state index in [1.807, 2.05) is 21.1 Å². The van der Waals surface area contributed by atoms with Gasteiger partial charge in [-0.2, -0.15) is 0 Å². The van der Waals surface area contributed by atoms with Gasteiger partial charge >= 0.3 is 19.8 Å². The minimum atomic E-state index is -4.39. The van der Waals surface area contributed by atoms with Crippen LogP contribution in [0.5, 0.6) is 0 Å². The summed E-state index contributed by atoms with van der Waals surface area (Å²) in [7, 11) is 1.47. The Hall–Kier alpha value is -2.55. The van der Waals surface area contributed by atoms with Crippen LogP contribution in [0.15, 0.2) is 72.9 Å². The van der Waals surface area contributed by atoms with Gasteiger partial charge in [-0.25, -0.2) is 4.57 Å². The van der Waals surface area contributed by atoms with Gasteiger partial charge < -0.3 is 18.9 Å². The fourth-order valence-corrected chi connectivity index (χ4v) is 9.06. The smallest absolute Gasteiger partial charge is 0.462 e. The molecule has 0 amide bonds. The normalized spacial score (nSPS) is 13.8. The van der Waals surface area contributed by atoms with Crippen molar-refractivity contribution >= 4 is 19.8 Å². The van der Waals surface area contributed by atoms with E-state index >= 15 is 0 Å². The summed E-state index contributed by atoms with van der Waals surface area (Å²) >= 11 is 0. The van der Waals surface area contributed by atoms with Crippen LogP contribution in [0.3, 0.4) is 0 Å². The highest BCUT2D eigenvalue weighted by atomic mass is 31.2. The van der Waals surface area contributed by atoms with Crippen molar-refractivity contribution in [2.45, 2.75) is 270 Å². The van der Waals surface area contributed by atoms with Crippen molar-refractivity contribution in [1.82, 2.24) is 0 Å². The lowest BCUT2D eigenvalue weighted by molar-refractivity contribution is -0.870. The monoisotopic (exact) mass is 1040 g/mol. The van der Waals surface area contributed by atoms with Gasteiger partial charge in [0.2, 0.25) is 0 Å². The molecule has 0 aromatic carbocycles. The van der Waals surface area contributed by atoms with Gasteiger partial charge in [0.1, 0.15) is 19.8 Å². The quantitative estimate of drug-likeness (QED) is 0.0211. The van der Waals surface area contributed by atoms with Crippen LogP contribution in [0.1, 0.15) is 264 Å². The third-order valence-corrected chi connectivity index (χ3v) is 14.0. The highest BCUT2D eigenvalue weighted by Gasteiger charge is 2.27. The Morgan fingerprint density at radius 3 is 1.16 bits per heavy atom. The summed E-state index contributed by atoms with van der Waals surface area (Å²) in [5.41, 5.74) is 0. The predicted octanol–water partition coefficient (Wildman–Crippen LogP) is 18.9. The zero-order valence-corrected chi connectivity index (χ0v) is 49.0. The molecule has 0 aliphatic rings. The molecule has 0 radical (unpaired) electrons. The Labute approximate surface area is 450 Å². The lowest BCUT2D eigenvalue weighted by Crippen LogP contribution is -2.37. The van der Waals surface area contributed by atoms with Crippen LogP contribution in [0, 0.1) is 0 Å². The number of quaternary nitrogens is 1. The summed E-state index contributed by atoms with van der Waals surface area (Å²) < 4.78 is 34.5. The number of phosphoric ester groups is 1. The molecule has 424 valence electrons. The van der Waals surface area contributed by atoms with Crippen LogP contribution in [0.2, 0.25) is 0 Å². The molecular formula is C63H115NO8P+. The molecule has 2 unspecified atom stereocenters. The summed E-state index contributed by atoms with van der Waals surface area (Å²) in [5, 5.41) is 0. The molecule has 10 heteroatoms. The number of carbonyl (C=O) groups is 2. The van der Waals surface area contributed by atoms with E-state index in [0.29, 0.717) is 17.4 Å². The molecule has 2 atom stereocenters. The van der Waals surface area contributed by atoms with Crippen LogP contribution in [0.25, 0.3) is 0 Å². The number of esters is 2. The SMILES string of the molecule is CC/C=C\C/C=C\C/C=C\C/C=C\CCCCCCCCCCCCCCCCCCCCCCCCC(=O)OC(COC(=O)CCCCCCC/C=C\C/C=C\CCCC)COP(=O)(O)OCC[N+](C)(C)C. The predicted molar refractivity (Wildman–Crippen MR) is 312 cm³/mol. The molecule has 0 aliphatic heterocycles. The maximum Gasteiger partial charge on any atom is 0.472 e. The number of carbonyl (C=O) groups excluding carboxylic acids is 2. The second kappa shape index (κ2) is 54.2. The summed E-state index contributed by atoms with van der Waals surface area (Å²) in [5.74, 6) is -0.807. The lowest BCUT2D eigenvalue weighted by Gasteiger charge is -2.24. The largest absolute Gasteiger partial charge is 0.472 e. The minimum absolute atomic E-state index is 0.0289. The molecule has 73 heavy (non-hydrogen) atoms. The second-order valence-electron chi connectivity index (χ2n) is 21.4. The van der Waals surface area contributed by atoms with Crippen molar-refractivity contribution in [3.8, 4) is 0 Å². The number of rotatable bonds is 55. The van der Waals surface area contributed by atoms with Crippen molar-refractivity contribution in [1.29, 1.82) is 0 Å². The number of hydrogen-bond acceptors (Lipinski definition) is 7. The van der Waals surface area contributed by atoms with E-state index in [1.165, 1.54) is 148 Å². The third-order valence-electron chi connectivity index (χ3n) is 13.0. The summed E-state index contributed by atoms with van der Waals surface area (Å²) in [6.45, 7) is 4.28. The van der Waals surface area contributed by atoms with Gasteiger partial charge in [-0.05, 0) is 77.0 Å². The molecule has 0 spiro atoms. The zero-order valence-electron chi connectivity index (χ0n) is 48.1. The molecule has 0 aromatic rings. The summed E-state index contributed by atoms with van der Waals surface area (Å²) in [6.07, 6.45) is 71.4. The number of allylic oxidation sites excluding steroid dienone is 12. The molecule has 0 bridgehead atoms. The first-order valence-corrected chi connectivity index (χ1v) is 31.7. The molecular weight excluding hydrogens is 930 g/mol. The molecule has 0 saturated heterocycles. The highest BCUT2D eigenvalue weighted by molar-refractivity contribution is 7.47. The van der Waals surface area contributed by atoms with Crippen molar-refractivity contribution in [3.05, 3.63) is 72.9 Å². The third kappa shape index (κ3) is 58.6. The van der Waals surface area contributed by atoms with E-state index < -0.39 is 26.5 Å².